The zero-order valence-electron chi connectivity index (χ0n) is 16.0. The lowest BCUT2D eigenvalue weighted by atomic mass is 10.0. The van der Waals surface area contributed by atoms with Gasteiger partial charge >= 0.3 is 0 Å². The summed E-state index contributed by atoms with van der Waals surface area (Å²) in [6.07, 6.45) is 3.43. The Morgan fingerprint density at radius 2 is 1.74 bits per heavy atom. The molecule has 0 aromatic heterocycles. The minimum absolute atomic E-state index is 0.00481. The van der Waals surface area contributed by atoms with Crippen molar-refractivity contribution in [2.24, 2.45) is 10.2 Å². The van der Waals surface area contributed by atoms with E-state index in [2.05, 4.69) is 72.7 Å². The summed E-state index contributed by atoms with van der Waals surface area (Å²) in [6, 6.07) is 16.7. The number of nitrogens with one attached hydrogen (secondary N) is 1. The molecule has 0 bridgehead atoms. The maximum atomic E-state index is 12.2. The lowest BCUT2D eigenvalue weighted by Crippen LogP contribution is -2.25. The number of carbonyl (C=O) groups is 1. The van der Waals surface area contributed by atoms with Gasteiger partial charge in [-0.05, 0) is 41.0 Å². The summed E-state index contributed by atoms with van der Waals surface area (Å²) in [5.41, 5.74) is 4.76. The van der Waals surface area contributed by atoms with Crippen LogP contribution in [0.2, 0.25) is 0 Å². The first-order chi connectivity index (χ1) is 13.0. The molecule has 140 valence electrons. The molecule has 2 aromatic carbocycles. The standard InChI is InChI=1S/C22H25N3OS/c1-4-16-5-7-17(8-6-16)13-20-21(26)24-22(27-20)25-23-14-18-9-11-19(12-10-18)15(2)3/h5-12,14-15,20H,4,13H2,1-3H3,(H,24,25,26)/b23-14+. The van der Waals surface area contributed by atoms with Crippen LogP contribution >= 0.6 is 11.8 Å². The van der Waals surface area contributed by atoms with Crippen LogP contribution in [0.25, 0.3) is 0 Å². The average molecular weight is 380 g/mol. The third kappa shape index (κ3) is 5.30. The van der Waals surface area contributed by atoms with Gasteiger partial charge in [-0.15, -0.1) is 5.10 Å². The van der Waals surface area contributed by atoms with Crippen molar-refractivity contribution >= 4 is 29.1 Å². The molecule has 2 aromatic rings. The molecule has 1 saturated heterocycles. The maximum Gasteiger partial charge on any atom is 0.239 e. The van der Waals surface area contributed by atoms with Crippen molar-refractivity contribution in [1.82, 2.24) is 5.32 Å². The third-order valence-electron chi connectivity index (χ3n) is 4.59. The van der Waals surface area contributed by atoms with E-state index in [1.165, 1.54) is 22.9 Å². The monoisotopic (exact) mass is 379 g/mol. The van der Waals surface area contributed by atoms with Gasteiger partial charge in [-0.3, -0.25) is 4.79 Å². The second kappa shape index (κ2) is 9.00. The highest BCUT2D eigenvalue weighted by Crippen LogP contribution is 2.23. The Balaban J connectivity index is 1.58. The van der Waals surface area contributed by atoms with E-state index in [0.29, 0.717) is 17.5 Å². The van der Waals surface area contributed by atoms with E-state index in [0.717, 1.165) is 17.5 Å². The van der Waals surface area contributed by atoms with Gasteiger partial charge in [0.05, 0.1) is 11.5 Å². The lowest BCUT2D eigenvalue weighted by Gasteiger charge is -2.06. The fourth-order valence-corrected chi connectivity index (χ4v) is 3.79. The normalized spacial score (nSPS) is 18.6. The van der Waals surface area contributed by atoms with Crippen LogP contribution in [0.15, 0.2) is 58.7 Å². The van der Waals surface area contributed by atoms with Crippen LogP contribution in [-0.4, -0.2) is 22.5 Å². The highest BCUT2D eigenvalue weighted by Gasteiger charge is 2.30. The number of carbonyl (C=O) groups excluding carboxylic acids is 1. The zero-order chi connectivity index (χ0) is 19.2. The molecule has 1 atom stereocenters. The molecule has 1 fully saturated rings. The van der Waals surface area contributed by atoms with Gasteiger partial charge in [-0.1, -0.05) is 81.1 Å². The molecule has 1 amide bonds. The van der Waals surface area contributed by atoms with Crippen molar-refractivity contribution in [2.75, 3.05) is 0 Å². The fourth-order valence-electron chi connectivity index (χ4n) is 2.83. The Kier molecular flexibility index (Phi) is 6.45. The first-order valence-electron chi connectivity index (χ1n) is 9.31. The van der Waals surface area contributed by atoms with E-state index in [1.807, 2.05) is 12.1 Å². The molecule has 1 aliphatic heterocycles. The lowest BCUT2D eigenvalue weighted by molar-refractivity contribution is -0.118. The van der Waals surface area contributed by atoms with Gasteiger partial charge in [-0.2, -0.15) is 5.10 Å². The summed E-state index contributed by atoms with van der Waals surface area (Å²) in [5, 5.41) is 11.5. The summed E-state index contributed by atoms with van der Waals surface area (Å²) >= 11 is 1.44. The quantitative estimate of drug-likeness (QED) is 0.592. The van der Waals surface area contributed by atoms with Gasteiger partial charge in [0.1, 0.15) is 0 Å². The van der Waals surface area contributed by atoms with Gasteiger partial charge in [0.25, 0.3) is 0 Å². The Morgan fingerprint density at radius 3 is 2.37 bits per heavy atom. The minimum atomic E-state index is -0.156. The second-order valence-electron chi connectivity index (χ2n) is 6.94. The van der Waals surface area contributed by atoms with E-state index in [-0.39, 0.29) is 11.2 Å². The molecule has 3 rings (SSSR count). The molecule has 0 radical (unpaired) electrons. The number of nitrogens with zero attached hydrogens (tertiary/aromatic N) is 2. The van der Waals surface area contributed by atoms with Crippen molar-refractivity contribution in [3.8, 4) is 0 Å². The van der Waals surface area contributed by atoms with Crippen molar-refractivity contribution in [1.29, 1.82) is 0 Å². The largest absolute Gasteiger partial charge is 0.303 e. The number of rotatable bonds is 6. The summed E-state index contributed by atoms with van der Waals surface area (Å²) < 4.78 is 0. The van der Waals surface area contributed by atoms with Crippen LogP contribution in [0.1, 0.15) is 48.9 Å². The molecule has 5 heteroatoms. The van der Waals surface area contributed by atoms with Crippen LogP contribution in [0.5, 0.6) is 0 Å². The molecule has 0 saturated carbocycles. The number of hydrogen-bond acceptors (Lipinski definition) is 4. The predicted octanol–water partition coefficient (Wildman–Crippen LogP) is 4.54. The molecule has 27 heavy (non-hydrogen) atoms. The van der Waals surface area contributed by atoms with Crippen molar-refractivity contribution in [3.05, 3.63) is 70.8 Å². The first kappa shape index (κ1) is 19.4. The molecule has 1 N–H and O–H groups in total. The van der Waals surface area contributed by atoms with Gasteiger partial charge in [0.15, 0.2) is 5.17 Å². The van der Waals surface area contributed by atoms with E-state index < -0.39 is 0 Å². The Hall–Kier alpha value is -2.40. The smallest absolute Gasteiger partial charge is 0.239 e. The van der Waals surface area contributed by atoms with Crippen LogP contribution < -0.4 is 5.32 Å². The van der Waals surface area contributed by atoms with E-state index in [9.17, 15) is 4.79 Å². The highest BCUT2D eigenvalue weighted by atomic mass is 32.2. The summed E-state index contributed by atoms with van der Waals surface area (Å²) in [7, 11) is 0. The molecule has 0 aliphatic carbocycles. The van der Waals surface area contributed by atoms with Crippen molar-refractivity contribution < 1.29 is 4.79 Å². The molecular weight excluding hydrogens is 354 g/mol. The highest BCUT2D eigenvalue weighted by molar-refractivity contribution is 8.15. The zero-order valence-corrected chi connectivity index (χ0v) is 16.8. The number of amides is 1. The third-order valence-corrected chi connectivity index (χ3v) is 5.66. The Labute approximate surface area is 165 Å². The van der Waals surface area contributed by atoms with Crippen molar-refractivity contribution in [2.45, 2.75) is 44.8 Å². The summed E-state index contributed by atoms with van der Waals surface area (Å²) in [5.74, 6) is 0.506. The maximum absolute atomic E-state index is 12.2. The Morgan fingerprint density at radius 1 is 1.07 bits per heavy atom. The van der Waals surface area contributed by atoms with Gasteiger partial charge < -0.3 is 5.32 Å². The summed E-state index contributed by atoms with van der Waals surface area (Å²) in [4.78, 5) is 12.2. The molecule has 4 nitrogen and oxygen atoms in total. The molecular formula is C22H25N3OS. The van der Waals surface area contributed by atoms with Crippen LogP contribution in [-0.2, 0) is 17.6 Å². The van der Waals surface area contributed by atoms with Crippen LogP contribution in [0, 0.1) is 0 Å². The first-order valence-corrected chi connectivity index (χ1v) is 10.2. The van der Waals surface area contributed by atoms with Gasteiger partial charge in [0.2, 0.25) is 5.91 Å². The van der Waals surface area contributed by atoms with E-state index in [1.54, 1.807) is 6.21 Å². The van der Waals surface area contributed by atoms with Crippen LogP contribution in [0.3, 0.4) is 0 Å². The van der Waals surface area contributed by atoms with Gasteiger partial charge in [-0.25, -0.2) is 0 Å². The predicted molar refractivity (Wildman–Crippen MR) is 115 cm³/mol. The SMILES string of the molecule is CCc1ccc(CC2S/C(=N/N=C/c3ccc(C(C)C)cc3)NC2=O)cc1. The molecule has 1 heterocycles. The minimum Gasteiger partial charge on any atom is -0.303 e. The number of thioether (sulfide) groups is 1. The topological polar surface area (TPSA) is 53.8 Å². The van der Waals surface area contributed by atoms with Gasteiger partial charge in [0, 0.05) is 0 Å². The summed E-state index contributed by atoms with van der Waals surface area (Å²) in [6.45, 7) is 6.48. The molecule has 1 aliphatic rings. The van der Waals surface area contributed by atoms with E-state index >= 15 is 0 Å². The van der Waals surface area contributed by atoms with E-state index in [4.69, 9.17) is 0 Å². The fraction of sp³-hybridized carbons (Fsp3) is 0.318. The number of benzene rings is 2. The number of aryl methyl sites for hydroxylation is 1. The van der Waals surface area contributed by atoms with Crippen LogP contribution in [0.4, 0.5) is 0 Å². The Bertz CT molecular complexity index is 839. The van der Waals surface area contributed by atoms with Crippen molar-refractivity contribution in [3.63, 3.8) is 0 Å². The average Bonchev–Trinajstić information content (AvgIpc) is 3.02. The molecule has 0 spiro atoms. The number of hydrogen-bond donors (Lipinski definition) is 1. The molecule has 1 unspecified atom stereocenters. The second-order valence-corrected chi connectivity index (χ2v) is 8.13. The number of amidine groups is 1.